The van der Waals surface area contributed by atoms with Gasteiger partial charge in [-0.3, -0.25) is 4.79 Å². The Bertz CT molecular complexity index is 896. The number of carbonyl (C=O) groups excluding carboxylic acids is 1. The van der Waals surface area contributed by atoms with E-state index in [1.807, 2.05) is 30.3 Å². The molecule has 152 valence electrons. The van der Waals surface area contributed by atoms with Gasteiger partial charge in [0.15, 0.2) is 0 Å². The van der Waals surface area contributed by atoms with E-state index in [1.54, 1.807) is 42.5 Å². The summed E-state index contributed by atoms with van der Waals surface area (Å²) in [6.45, 7) is 2.59. The third-order valence-electron chi connectivity index (χ3n) is 4.31. The van der Waals surface area contributed by atoms with Gasteiger partial charge in [-0.1, -0.05) is 37.6 Å². The second-order valence-corrected chi connectivity index (χ2v) is 6.46. The maximum Gasteiger partial charge on any atom is 0.326 e. The third kappa shape index (κ3) is 5.07. The van der Waals surface area contributed by atoms with Crippen LogP contribution >= 0.6 is 0 Å². The van der Waals surface area contributed by atoms with E-state index in [-0.39, 0.29) is 5.84 Å². The molecule has 2 aromatic rings. The number of nitrogens with zero attached hydrogens (tertiary/aromatic N) is 2. The lowest BCUT2D eigenvalue weighted by atomic mass is 10.1. The molecule has 29 heavy (non-hydrogen) atoms. The van der Waals surface area contributed by atoms with Gasteiger partial charge in [0, 0.05) is 6.07 Å². The van der Waals surface area contributed by atoms with E-state index < -0.39 is 11.9 Å². The van der Waals surface area contributed by atoms with Crippen LogP contribution in [0.15, 0.2) is 71.7 Å². The molecule has 0 radical (unpaired) electrons. The standard InChI is InChI=1S/C22H25N3O4/c1-3-4-13-28-20-15-19(21(23)24-25(20)16-9-6-5-7-10-16)22(26)29-18-12-8-11-17(14-18)27-2/h5-12,14-15,19H,3-4,13H2,1-2H3,(H2,23,24). The highest BCUT2D eigenvalue weighted by Crippen LogP contribution is 2.27. The first-order valence-corrected chi connectivity index (χ1v) is 9.52. The quantitative estimate of drug-likeness (QED) is 0.417. The molecule has 0 bridgehead atoms. The molecule has 1 aliphatic heterocycles. The Balaban J connectivity index is 1.83. The summed E-state index contributed by atoms with van der Waals surface area (Å²) >= 11 is 0. The van der Waals surface area contributed by atoms with Crippen molar-refractivity contribution in [1.29, 1.82) is 0 Å². The predicted octanol–water partition coefficient (Wildman–Crippen LogP) is 3.67. The molecule has 2 aromatic carbocycles. The lowest BCUT2D eigenvalue weighted by Crippen LogP contribution is -2.39. The Hall–Kier alpha value is -3.48. The van der Waals surface area contributed by atoms with Gasteiger partial charge < -0.3 is 19.9 Å². The molecular formula is C22H25N3O4. The molecule has 0 saturated heterocycles. The first-order chi connectivity index (χ1) is 14.1. The third-order valence-corrected chi connectivity index (χ3v) is 4.31. The van der Waals surface area contributed by atoms with Crippen LogP contribution in [-0.2, 0) is 9.53 Å². The van der Waals surface area contributed by atoms with E-state index in [1.165, 1.54) is 0 Å². The zero-order chi connectivity index (χ0) is 20.6. The minimum atomic E-state index is -0.849. The highest BCUT2D eigenvalue weighted by molar-refractivity contribution is 6.03. The normalized spacial score (nSPS) is 15.9. The van der Waals surface area contributed by atoms with Crippen LogP contribution < -0.4 is 20.2 Å². The van der Waals surface area contributed by atoms with Crippen molar-refractivity contribution < 1.29 is 19.0 Å². The van der Waals surface area contributed by atoms with E-state index in [2.05, 4.69) is 12.0 Å². The Morgan fingerprint density at radius 1 is 1.14 bits per heavy atom. The number of benzene rings is 2. The maximum absolute atomic E-state index is 12.8. The van der Waals surface area contributed by atoms with Gasteiger partial charge in [-0.15, -0.1) is 0 Å². The second kappa shape index (κ2) is 9.64. The van der Waals surface area contributed by atoms with Crippen LogP contribution in [0.4, 0.5) is 5.69 Å². The fourth-order valence-corrected chi connectivity index (χ4v) is 2.74. The number of hydrogen-bond donors (Lipinski definition) is 1. The summed E-state index contributed by atoms with van der Waals surface area (Å²) in [4.78, 5) is 12.8. The van der Waals surface area contributed by atoms with Crippen LogP contribution in [0, 0.1) is 5.92 Å². The first-order valence-electron chi connectivity index (χ1n) is 9.52. The van der Waals surface area contributed by atoms with E-state index >= 15 is 0 Å². The lowest BCUT2D eigenvalue weighted by molar-refractivity contribution is -0.135. The number of nitrogens with two attached hydrogens (primary N) is 1. The van der Waals surface area contributed by atoms with Crippen molar-refractivity contribution >= 4 is 17.5 Å². The van der Waals surface area contributed by atoms with Gasteiger partial charge in [-0.25, -0.2) is 0 Å². The van der Waals surface area contributed by atoms with E-state index in [0.29, 0.717) is 24.0 Å². The molecule has 1 heterocycles. The average Bonchev–Trinajstić information content (AvgIpc) is 2.75. The second-order valence-electron chi connectivity index (χ2n) is 6.46. The van der Waals surface area contributed by atoms with Crippen molar-refractivity contribution in [2.24, 2.45) is 16.8 Å². The molecule has 0 fully saturated rings. The van der Waals surface area contributed by atoms with Gasteiger partial charge >= 0.3 is 5.97 Å². The Labute approximate surface area is 170 Å². The summed E-state index contributed by atoms with van der Waals surface area (Å²) in [5, 5.41) is 6.00. The van der Waals surface area contributed by atoms with Crippen molar-refractivity contribution in [3.63, 3.8) is 0 Å². The number of ether oxygens (including phenoxy) is 3. The molecule has 3 rings (SSSR count). The molecule has 7 nitrogen and oxygen atoms in total. The molecule has 0 aromatic heterocycles. The first kappa shape index (κ1) is 20.3. The number of amidine groups is 1. The van der Waals surface area contributed by atoms with Gasteiger partial charge in [0.05, 0.1) is 19.4 Å². The summed E-state index contributed by atoms with van der Waals surface area (Å²) in [5.74, 6) is 0.155. The van der Waals surface area contributed by atoms with Gasteiger partial charge in [-0.05, 0) is 36.8 Å². The predicted molar refractivity (Wildman–Crippen MR) is 112 cm³/mol. The van der Waals surface area contributed by atoms with Gasteiger partial charge in [0.1, 0.15) is 23.3 Å². The van der Waals surface area contributed by atoms with Gasteiger partial charge in [-0.2, -0.15) is 10.1 Å². The fraction of sp³-hybridized carbons (Fsp3) is 0.273. The molecule has 0 amide bonds. The van der Waals surface area contributed by atoms with Gasteiger partial charge in [0.2, 0.25) is 5.88 Å². The number of hydrazone groups is 1. The van der Waals surface area contributed by atoms with Crippen LogP contribution in [0.5, 0.6) is 11.5 Å². The molecular weight excluding hydrogens is 370 g/mol. The number of carbonyl (C=O) groups is 1. The van der Waals surface area contributed by atoms with Crippen LogP contribution in [0.3, 0.4) is 0 Å². The Morgan fingerprint density at radius 2 is 1.90 bits per heavy atom. The fourth-order valence-electron chi connectivity index (χ4n) is 2.74. The summed E-state index contributed by atoms with van der Waals surface area (Å²) in [6, 6.07) is 16.3. The molecule has 1 unspecified atom stereocenters. The summed E-state index contributed by atoms with van der Waals surface area (Å²) < 4.78 is 16.5. The monoisotopic (exact) mass is 395 g/mol. The molecule has 0 aliphatic carbocycles. The molecule has 1 atom stereocenters. The van der Waals surface area contributed by atoms with Crippen molar-refractivity contribution in [3.8, 4) is 11.5 Å². The minimum absolute atomic E-state index is 0.129. The van der Waals surface area contributed by atoms with Gasteiger partial charge in [0.25, 0.3) is 0 Å². The molecule has 0 saturated carbocycles. The average molecular weight is 395 g/mol. The molecule has 1 aliphatic rings. The SMILES string of the molecule is CCCCOC1=CC(C(=O)Oc2cccc(OC)c2)C(N)=NN1c1ccccc1. The summed E-state index contributed by atoms with van der Waals surface area (Å²) in [7, 11) is 1.55. The Kier molecular flexibility index (Phi) is 6.73. The molecule has 2 N–H and O–H groups in total. The number of methoxy groups -OCH3 is 1. The van der Waals surface area contributed by atoms with Crippen LogP contribution in [-0.4, -0.2) is 25.5 Å². The molecule has 0 spiro atoms. The number of esters is 1. The van der Waals surface area contributed by atoms with E-state index in [4.69, 9.17) is 19.9 Å². The maximum atomic E-state index is 12.8. The van der Waals surface area contributed by atoms with Crippen molar-refractivity contribution in [3.05, 3.63) is 66.6 Å². The van der Waals surface area contributed by atoms with Crippen molar-refractivity contribution in [2.45, 2.75) is 19.8 Å². The van der Waals surface area contributed by atoms with Crippen LogP contribution in [0.2, 0.25) is 0 Å². The minimum Gasteiger partial charge on any atom is -0.497 e. The van der Waals surface area contributed by atoms with Crippen LogP contribution in [0.25, 0.3) is 0 Å². The lowest BCUT2D eigenvalue weighted by Gasteiger charge is -2.28. The zero-order valence-corrected chi connectivity index (χ0v) is 16.6. The van der Waals surface area contributed by atoms with Crippen molar-refractivity contribution in [2.75, 3.05) is 18.7 Å². The number of hydrogen-bond acceptors (Lipinski definition) is 7. The number of para-hydroxylation sites is 1. The highest BCUT2D eigenvalue weighted by atomic mass is 16.5. The highest BCUT2D eigenvalue weighted by Gasteiger charge is 2.31. The van der Waals surface area contributed by atoms with Crippen LogP contribution in [0.1, 0.15) is 19.8 Å². The number of unbranched alkanes of at least 4 members (excludes halogenated alkanes) is 1. The Morgan fingerprint density at radius 3 is 2.62 bits per heavy atom. The van der Waals surface area contributed by atoms with E-state index in [0.717, 1.165) is 18.5 Å². The van der Waals surface area contributed by atoms with E-state index in [9.17, 15) is 4.79 Å². The summed E-state index contributed by atoms with van der Waals surface area (Å²) in [5.41, 5.74) is 6.91. The number of rotatable bonds is 8. The topological polar surface area (TPSA) is 86.4 Å². The molecule has 7 heteroatoms. The largest absolute Gasteiger partial charge is 0.497 e. The number of anilines is 1. The smallest absolute Gasteiger partial charge is 0.326 e. The van der Waals surface area contributed by atoms with Crippen molar-refractivity contribution in [1.82, 2.24) is 0 Å². The summed E-state index contributed by atoms with van der Waals surface area (Å²) in [6.07, 6.45) is 3.52. The zero-order valence-electron chi connectivity index (χ0n) is 16.6.